The van der Waals surface area contributed by atoms with Crippen molar-refractivity contribution in [2.24, 2.45) is 0 Å². The van der Waals surface area contributed by atoms with Crippen molar-refractivity contribution in [2.75, 3.05) is 6.61 Å². The van der Waals surface area contributed by atoms with Crippen LogP contribution in [0.4, 0.5) is 0 Å². The third-order valence-electron chi connectivity index (χ3n) is 3.28. The largest absolute Gasteiger partial charge is 0.482 e. The van der Waals surface area contributed by atoms with Crippen molar-refractivity contribution in [1.29, 1.82) is 0 Å². The first-order valence-corrected chi connectivity index (χ1v) is 7.71. The Bertz CT molecular complexity index is 755. The number of halogens is 1. The van der Waals surface area contributed by atoms with Crippen LogP contribution in [0, 0.1) is 0 Å². The number of aromatic carboxylic acids is 1. The molecule has 0 bridgehead atoms. The van der Waals surface area contributed by atoms with Crippen molar-refractivity contribution in [3.05, 3.63) is 58.6 Å². The highest BCUT2D eigenvalue weighted by Crippen LogP contribution is 2.26. The third-order valence-corrected chi connectivity index (χ3v) is 3.52. The Labute approximate surface area is 144 Å². The van der Waals surface area contributed by atoms with Gasteiger partial charge in [0.2, 0.25) is 0 Å². The molecule has 0 spiro atoms. The summed E-state index contributed by atoms with van der Waals surface area (Å²) in [6.45, 7) is 3.71. The highest BCUT2D eigenvalue weighted by atomic mass is 35.5. The molecule has 0 fully saturated rings. The van der Waals surface area contributed by atoms with Gasteiger partial charge in [0.15, 0.2) is 6.61 Å². The summed E-state index contributed by atoms with van der Waals surface area (Å²) in [5, 5.41) is 9.37. The Kier molecular flexibility index (Phi) is 5.82. The lowest BCUT2D eigenvalue weighted by atomic mass is 10.0. The van der Waals surface area contributed by atoms with E-state index in [1.807, 2.05) is 32.0 Å². The number of ether oxygens (including phenoxy) is 2. The summed E-state index contributed by atoms with van der Waals surface area (Å²) in [7, 11) is 0. The van der Waals surface area contributed by atoms with Gasteiger partial charge in [-0.1, -0.05) is 43.6 Å². The number of rotatable bonds is 6. The van der Waals surface area contributed by atoms with Gasteiger partial charge in [-0.2, -0.15) is 0 Å². The molecule has 0 heterocycles. The topological polar surface area (TPSA) is 72.8 Å². The van der Waals surface area contributed by atoms with Gasteiger partial charge in [-0.25, -0.2) is 9.59 Å². The molecule has 24 heavy (non-hydrogen) atoms. The van der Waals surface area contributed by atoms with Gasteiger partial charge < -0.3 is 14.6 Å². The van der Waals surface area contributed by atoms with Crippen molar-refractivity contribution in [2.45, 2.75) is 19.8 Å². The highest BCUT2D eigenvalue weighted by molar-refractivity contribution is 6.31. The van der Waals surface area contributed by atoms with Crippen LogP contribution >= 0.6 is 11.6 Å². The molecule has 0 aliphatic carbocycles. The zero-order valence-corrected chi connectivity index (χ0v) is 14.0. The number of carboxylic acid groups (broad SMARTS) is 1. The lowest BCUT2D eigenvalue weighted by Crippen LogP contribution is -2.19. The summed E-state index contributed by atoms with van der Waals surface area (Å²) < 4.78 is 10.6. The Morgan fingerprint density at radius 1 is 1.12 bits per heavy atom. The molecule has 0 saturated carbocycles. The smallest absolute Gasteiger partial charge is 0.349 e. The monoisotopic (exact) mass is 348 g/mol. The lowest BCUT2D eigenvalue weighted by molar-refractivity contribution is -0.136. The molecule has 0 amide bonds. The molecule has 0 aromatic heterocycles. The number of esters is 1. The van der Waals surface area contributed by atoms with Gasteiger partial charge in [0.05, 0.1) is 0 Å². The highest BCUT2D eigenvalue weighted by Gasteiger charge is 2.16. The first-order chi connectivity index (χ1) is 11.4. The molecule has 6 heteroatoms. The van der Waals surface area contributed by atoms with E-state index >= 15 is 0 Å². The van der Waals surface area contributed by atoms with Crippen LogP contribution in [0.1, 0.15) is 35.7 Å². The number of carboxylic acids is 1. The van der Waals surface area contributed by atoms with E-state index in [9.17, 15) is 9.59 Å². The predicted octanol–water partition coefficient (Wildman–Crippen LogP) is 4.15. The van der Waals surface area contributed by atoms with Crippen LogP contribution in [-0.2, 0) is 4.79 Å². The Morgan fingerprint density at radius 2 is 1.83 bits per heavy atom. The zero-order chi connectivity index (χ0) is 17.7. The van der Waals surface area contributed by atoms with E-state index in [1.165, 1.54) is 18.2 Å². The minimum atomic E-state index is -1.23. The maximum absolute atomic E-state index is 12.0. The predicted molar refractivity (Wildman–Crippen MR) is 90.1 cm³/mol. The molecule has 2 aromatic carbocycles. The van der Waals surface area contributed by atoms with E-state index < -0.39 is 11.9 Å². The van der Waals surface area contributed by atoms with Crippen LogP contribution in [0.15, 0.2) is 42.5 Å². The summed E-state index contributed by atoms with van der Waals surface area (Å²) >= 11 is 5.76. The molecular weight excluding hydrogens is 332 g/mol. The van der Waals surface area contributed by atoms with Gasteiger partial charge in [0, 0.05) is 5.02 Å². The first kappa shape index (κ1) is 17.8. The van der Waals surface area contributed by atoms with Crippen molar-refractivity contribution < 1.29 is 24.2 Å². The van der Waals surface area contributed by atoms with Crippen LogP contribution in [0.2, 0.25) is 5.02 Å². The molecule has 2 rings (SSSR count). The number of benzene rings is 2. The summed E-state index contributed by atoms with van der Waals surface area (Å²) in [4.78, 5) is 23.1. The molecular formula is C18H17ClO5. The van der Waals surface area contributed by atoms with Crippen LogP contribution in [0.25, 0.3) is 0 Å². The van der Waals surface area contributed by atoms with E-state index in [4.69, 9.17) is 26.2 Å². The first-order valence-electron chi connectivity index (χ1n) is 7.33. The Hall–Kier alpha value is -2.53. The average Bonchev–Trinajstić information content (AvgIpc) is 2.54. The van der Waals surface area contributed by atoms with Gasteiger partial charge in [0.25, 0.3) is 0 Å². The molecule has 0 aliphatic heterocycles. The van der Waals surface area contributed by atoms with Crippen LogP contribution in [0.3, 0.4) is 0 Å². The quantitative estimate of drug-likeness (QED) is 0.627. The minimum Gasteiger partial charge on any atom is -0.482 e. The normalized spacial score (nSPS) is 10.5. The number of carbonyl (C=O) groups excluding carboxylic acids is 1. The summed E-state index contributed by atoms with van der Waals surface area (Å²) in [5.41, 5.74) is 0.793. The fourth-order valence-electron chi connectivity index (χ4n) is 2.14. The molecule has 0 unspecified atom stereocenters. The average molecular weight is 349 g/mol. The SMILES string of the molecule is CC(C)c1ccccc1OCC(=O)Oc1ccc(Cl)cc1C(=O)O. The molecule has 0 saturated heterocycles. The van der Waals surface area contributed by atoms with Crippen LogP contribution in [-0.4, -0.2) is 23.7 Å². The standard InChI is InChI=1S/C18H17ClO5/c1-11(2)13-5-3-4-6-15(13)23-10-17(20)24-16-8-7-12(19)9-14(16)18(21)22/h3-9,11H,10H2,1-2H3,(H,21,22). The van der Waals surface area contributed by atoms with Crippen molar-refractivity contribution in [3.63, 3.8) is 0 Å². The van der Waals surface area contributed by atoms with Crippen molar-refractivity contribution >= 4 is 23.5 Å². The minimum absolute atomic E-state index is 0.0716. The summed E-state index contributed by atoms with van der Waals surface area (Å²) in [6.07, 6.45) is 0. The van der Waals surface area contributed by atoms with Gasteiger partial charge in [-0.15, -0.1) is 0 Å². The van der Waals surface area contributed by atoms with Crippen molar-refractivity contribution in [3.8, 4) is 11.5 Å². The second-order valence-electron chi connectivity index (χ2n) is 5.40. The summed E-state index contributed by atoms with van der Waals surface area (Å²) in [5.74, 6) is -1.16. The van der Waals surface area contributed by atoms with Crippen LogP contribution < -0.4 is 9.47 Å². The molecule has 0 aliphatic rings. The van der Waals surface area contributed by atoms with Crippen LogP contribution in [0.5, 0.6) is 11.5 Å². The molecule has 126 valence electrons. The second kappa shape index (κ2) is 7.84. The van der Waals surface area contributed by atoms with E-state index in [1.54, 1.807) is 6.07 Å². The fourth-order valence-corrected chi connectivity index (χ4v) is 2.31. The van der Waals surface area contributed by atoms with Gasteiger partial charge in [0.1, 0.15) is 17.1 Å². The summed E-state index contributed by atoms with van der Waals surface area (Å²) in [6, 6.07) is 11.4. The fraction of sp³-hybridized carbons (Fsp3) is 0.222. The van der Waals surface area contributed by atoms with E-state index in [0.29, 0.717) is 5.75 Å². The van der Waals surface area contributed by atoms with Gasteiger partial charge in [-0.05, 0) is 35.7 Å². The second-order valence-corrected chi connectivity index (χ2v) is 5.84. The lowest BCUT2D eigenvalue weighted by Gasteiger charge is -2.13. The van der Waals surface area contributed by atoms with Gasteiger partial charge in [-0.3, -0.25) is 0 Å². The molecule has 2 aromatic rings. The zero-order valence-electron chi connectivity index (χ0n) is 13.3. The Balaban J connectivity index is 2.06. The maximum atomic E-state index is 12.0. The Morgan fingerprint density at radius 3 is 2.50 bits per heavy atom. The van der Waals surface area contributed by atoms with Crippen molar-refractivity contribution in [1.82, 2.24) is 0 Å². The third kappa shape index (κ3) is 4.49. The molecule has 0 radical (unpaired) electrons. The molecule has 1 N–H and O–H groups in total. The number of hydrogen-bond donors (Lipinski definition) is 1. The van der Waals surface area contributed by atoms with Gasteiger partial charge >= 0.3 is 11.9 Å². The van der Waals surface area contributed by atoms with E-state index in [2.05, 4.69) is 0 Å². The number of carbonyl (C=O) groups is 2. The van der Waals surface area contributed by atoms with E-state index in [-0.39, 0.29) is 28.9 Å². The number of hydrogen-bond acceptors (Lipinski definition) is 4. The molecule has 5 nitrogen and oxygen atoms in total. The number of para-hydroxylation sites is 1. The maximum Gasteiger partial charge on any atom is 0.349 e. The van der Waals surface area contributed by atoms with E-state index in [0.717, 1.165) is 5.56 Å². The molecule has 0 atom stereocenters.